The number of hydrogen-bond donors (Lipinski definition) is 2. The standard InChI is InChI=1S/C21H33BN2O5/c1-5-6-11-28-17-9-7-16(8-10-17)13-18(22-29-14-23)20(25)24-19(12-15(2)3)21(26)27-4/h5,7-10,15,18-19,22H,1,6,11-14,23H2,2-4H3,(H,24,25)/t18-,19-/m0/s1. The minimum absolute atomic E-state index is 0.0201. The Hall–Kier alpha value is -2.32. The molecule has 0 heterocycles. The SMILES string of the molecule is C=CCCOc1ccc(C[C@H](BOCN)C(=O)N[C@@H](CC(C)C)C(=O)OC)cc1. The number of amides is 1. The molecular weight excluding hydrogens is 371 g/mol. The van der Waals surface area contributed by atoms with Gasteiger partial charge >= 0.3 is 5.97 Å². The van der Waals surface area contributed by atoms with Gasteiger partial charge in [-0.25, -0.2) is 4.79 Å². The van der Waals surface area contributed by atoms with Crippen LogP contribution in [0.1, 0.15) is 32.3 Å². The van der Waals surface area contributed by atoms with Gasteiger partial charge in [0.1, 0.15) is 11.8 Å². The first-order valence-electron chi connectivity index (χ1n) is 9.89. The second kappa shape index (κ2) is 13.8. The van der Waals surface area contributed by atoms with Crippen molar-refractivity contribution >= 4 is 19.4 Å². The van der Waals surface area contributed by atoms with Crippen LogP contribution in [-0.2, 0) is 25.4 Å². The maximum atomic E-state index is 12.8. The summed E-state index contributed by atoms with van der Waals surface area (Å²) in [4.78, 5) is 24.8. The third-order valence-electron chi connectivity index (χ3n) is 4.31. The summed E-state index contributed by atoms with van der Waals surface area (Å²) in [6.07, 6.45) is 3.53. The summed E-state index contributed by atoms with van der Waals surface area (Å²) in [5.41, 5.74) is 6.39. The molecule has 29 heavy (non-hydrogen) atoms. The number of benzene rings is 1. The lowest BCUT2D eigenvalue weighted by Gasteiger charge is -2.22. The number of esters is 1. The van der Waals surface area contributed by atoms with Crippen LogP contribution in [0.15, 0.2) is 36.9 Å². The van der Waals surface area contributed by atoms with Gasteiger partial charge in [-0.1, -0.05) is 32.1 Å². The number of carbonyl (C=O) groups is 2. The monoisotopic (exact) mass is 404 g/mol. The van der Waals surface area contributed by atoms with Gasteiger partial charge in [0.05, 0.1) is 20.4 Å². The predicted octanol–water partition coefficient (Wildman–Crippen LogP) is 1.96. The van der Waals surface area contributed by atoms with Crippen LogP contribution in [0.3, 0.4) is 0 Å². The van der Waals surface area contributed by atoms with Crippen LogP contribution in [0.25, 0.3) is 0 Å². The van der Waals surface area contributed by atoms with Crippen LogP contribution >= 0.6 is 0 Å². The van der Waals surface area contributed by atoms with Crippen LogP contribution < -0.4 is 15.8 Å². The Morgan fingerprint density at radius 1 is 1.28 bits per heavy atom. The number of hydrogen-bond acceptors (Lipinski definition) is 6. The fourth-order valence-corrected chi connectivity index (χ4v) is 2.82. The summed E-state index contributed by atoms with van der Waals surface area (Å²) in [7, 11) is 1.48. The molecule has 0 saturated heterocycles. The van der Waals surface area contributed by atoms with Gasteiger partial charge in [-0.05, 0) is 42.9 Å². The number of nitrogens with one attached hydrogen (secondary N) is 1. The van der Waals surface area contributed by atoms with Gasteiger partial charge in [0.15, 0.2) is 0 Å². The molecule has 160 valence electrons. The lowest BCUT2D eigenvalue weighted by Crippen LogP contribution is -2.45. The lowest BCUT2D eigenvalue weighted by atomic mass is 9.75. The van der Waals surface area contributed by atoms with Crippen molar-refractivity contribution in [3.05, 3.63) is 42.5 Å². The molecule has 0 saturated carbocycles. The molecule has 7 nitrogen and oxygen atoms in total. The van der Waals surface area contributed by atoms with E-state index in [1.54, 1.807) is 6.08 Å². The van der Waals surface area contributed by atoms with Crippen LogP contribution in [0.2, 0.25) is 5.82 Å². The molecule has 1 aromatic carbocycles. The van der Waals surface area contributed by atoms with E-state index in [0.29, 0.717) is 19.4 Å². The van der Waals surface area contributed by atoms with Gasteiger partial charge in [0.25, 0.3) is 7.48 Å². The summed E-state index contributed by atoms with van der Waals surface area (Å²) in [6, 6.07) is 6.88. The number of ether oxygens (including phenoxy) is 2. The molecule has 0 bridgehead atoms. The third-order valence-corrected chi connectivity index (χ3v) is 4.31. The van der Waals surface area contributed by atoms with Crippen molar-refractivity contribution in [2.45, 2.75) is 45.0 Å². The molecule has 0 unspecified atom stereocenters. The van der Waals surface area contributed by atoms with Crippen LogP contribution in [0.4, 0.5) is 0 Å². The van der Waals surface area contributed by atoms with Crippen molar-refractivity contribution in [1.82, 2.24) is 5.32 Å². The summed E-state index contributed by atoms with van der Waals surface area (Å²) in [5, 5.41) is 2.81. The summed E-state index contributed by atoms with van der Waals surface area (Å²) in [5.74, 6) is -0.206. The molecule has 0 fully saturated rings. The second-order valence-electron chi connectivity index (χ2n) is 7.22. The van der Waals surface area contributed by atoms with Crippen molar-refractivity contribution in [3.63, 3.8) is 0 Å². The van der Waals surface area contributed by atoms with Crippen LogP contribution in [-0.4, -0.2) is 45.8 Å². The molecule has 0 aliphatic rings. The Bertz CT molecular complexity index is 636. The fourth-order valence-electron chi connectivity index (χ4n) is 2.82. The van der Waals surface area contributed by atoms with E-state index < -0.39 is 17.8 Å². The zero-order valence-corrected chi connectivity index (χ0v) is 17.7. The van der Waals surface area contributed by atoms with Gasteiger partial charge in [-0.3, -0.25) is 4.79 Å². The maximum Gasteiger partial charge on any atom is 0.328 e. The zero-order chi connectivity index (χ0) is 21.6. The molecule has 8 heteroatoms. The van der Waals surface area contributed by atoms with Crippen LogP contribution in [0.5, 0.6) is 5.75 Å². The van der Waals surface area contributed by atoms with Crippen molar-refractivity contribution in [2.24, 2.45) is 11.7 Å². The first-order valence-corrected chi connectivity index (χ1v) is 9.89. The Morgan fingerprint density at radius 3 is 2.52 bits per heavy atom. The first-order chi connectivity index (χ1) is 13.9. The smallest absolute Gasteiger partial charge is 0.328 e. The predicted molar refractivity (Wildman–Crippen MR) is 115 cm³/mol. The Balaban J connectivity index is 2.80. The Labute approximate surface area is 174 Å². The molecule has 0 aliphatic heterocycles. The largest absolute Gasteiger partial charge is 0.493 e. The molecular formula is C21H33BN2O5. The fraction of sp³-hybridized carbons (Fsp3) is 0.524. The summed E-state index contributed by atoms with van der Waals surface area (Å²) < 4.78 is 15.7. The normalized spacial score (nSPS) is 12.7. The minimum atomic E-state index is -0.687. The van der Waals surface area contributed by atoms with E-state index in [4.69, 9.17) is 19.9 Å². The second-order valence-corrected chi connectivity index (χ2v) is 7.22. The van der Waals surface area contributed by atoms with Crippen LogP contribution in [0, 0.1) is 5.92 Å². The molecule has 3 N–H and O–H groups in total. The minimum Gasteiger partial charge on any atom is -0.493 e. The Kier molecular flexibility index (Phi) is 11.8. The maximum absolute atomic E-state index is 12.8. The van der Waals surface area contributed by atoms with E-state index in [1.165, 1.54) is 7.11 Å². The van der Waals surface area contributed by atoms with E-state index in [-0.39, 0.29) is 26.0 Å². The molecule has 1 amide bonds. The molecule has 0 radical (unpaired) electrons. The number of methoxy groups -OCH3 is 1. The lowest BCUT2D eigenvalue weighted by molar-refractivity contribution is -0.145. The van der Waals surface area contributed by atoms with Crippen molar-refractivity contribution in [2.75, 3.05) is 20.4 Å². The van der Waals surface area contributed by atoms with Crippen molar-refractivity contribution in [1.29, 1.82) is 0 Å². The molecule has 1 rings (SSSR count). The summed E-state index contributed by atoms with van der Waals surface area (Å²) >= 11 is 0. The van der Waals surface area contributed by atoms with Gasteiger partial charge in [0.2, 0.25) is 5.91 Å². The van der Waals surface area contributed by atoms with Gasteiger partial charge < -0.3 is 25.2 Å². The highest BCUT2D eigenvalue weighted by atomic mass is 16.5. The highest BCUT2D eigenvalue weighted by molar-refractivity contribution is 6.37. The van der Waals surface area contributed by atoms with Crippen molar-refractivity contribution < 1.29 is 23.7 Å². The quantitative estimate of drug-likeness (QED) is 0.162. The van der Waals surface area contributed by atoms with E-state index >= 15 is 0 Å². The Morgan fingerprint density at radius 2 is 1.97 bits per heavy atom. The average molecular weight is 404 g/mol. The molecule has 1 aromatic rings. The first kappa shape index (κ1) is 24.7. The van der Waals surface area contributed by atoms with E-state index in [0.717, 1.165) is 17.7 Å². The van der Waals surface area contributed by atoms with E-state index in [9.17, 15) is 9.59 Å². The van der Waals surface area contributed by atoms with E-state index in [2.05, 4.69) is 11.9 Å². The topological polar surface area (TPSA) is 99.9 Å². The number of carbonyl (C=O) groups excluding carboxylic acids is 2. The highest BCUT2D eigenvalue weighted by Gasteiger charge is 2.28. The molecule has 0 aliphatic carbocycles. The van der Waals surface area contributed by atoms with Gasteiger partial charge in [-0.2, -0.15) is 0 Å². The van der Waals surface area contributed by atoms with Crippen molar-refractivity contribution in [3.8, 4) is 5.75 Å². The molecule has 0 spiro atoms. The molecule has 0 aromatic heterocycles. The van der Waals surface area contributed by atoms with Gasteiger partial charge in [-0.15, -0.1) is 6.58 Å². The van der Waals surface area contributed by atoms with Gasteiger partial charge in [0, 0.05) is 5.82 Å². The molecule has 2 atom stereocenters. The zero-order valence-electron chi connectivity index (χ0n) is 17.7. The third kappa shape index (κ3) is 9.63. The number of rotatable bonds is 14. The summed E-state index contributed by atoms with van der Waals surface area (Å²) in [6.45, 7) is 8.22. The number of nitrogens with two attached hydrogens (primary N) is 1. The average Bonchev–Trinajstić information content (AvgIpc) is 2.70. The highest BCUT2D eigenvalue weighted by Crippen LogP contribution is 2.19. The van der Waals surface area contributed by atoms with E-state index in [1.807, 2.05) is 38.1 Å².